The van der Waals surface area contributed by atoms with E-state index in [1.54, 1.807) is 0 Å². The van der Waals surface area contributed by atoms with Gasteiger partial charge < -0.3 is 40.3 Å². The summed E-state index contributed by atoms with van der Waals surface area (Å²) < 4.78 is 51.6. The molecule has 23 heteroatoms. The van der Waals surface area contributed by atoms with Gasteiger partial charge in [-0.2, -0.15) is 13.6 Å². The number of rotatable bonds is 8. The second kappa shape index (κ2) is 10.1. The summed E-state index contributed by atoms with van der Waals surface area (Å²) in [5.74, 6) is -0.276. The summed E-state index contributed by atoms with van der Waals surface area (Å²) in [6, 6.07) is 0. The van der Waals surface area contributed by atoms with E-state index in [2.05, 4.69) is 28.1 Å². The van der Waals surface area contributed by atoms with Crippen molar-refractivity contribution >= 4 is 63.6 Å². The van der Waals surface area contributed by atoms with Gasteiger partial charge in [0.15, 0.2) is 17.4 Å². The molecule has 0 aromatic carbocycles. The standard InChI is InChI=1S/C10H16N5O14P3.Mg/c11-10-13-7-4(8(18)14-10)12-2-15(7)9-6(17)5(16)3(27-9)1-26-31(22,23)29-32(24,25)28-30(19,20)21;/h2-3,5-6,9,16-17H,1H2,(H,22,23)(H,24,25)(H2,19,20,21)(H3,11,13,14,18);/t3-,5-,6-,9-;/m1./s1. The molecule has 0 aliphatic carbocycles. The van der Waals surface area contributed by atoms with E-state index in [9.17, 15) is 33.6 Å². The molecule has 1 fully saturated rings. The van der Waals surface area contributed by atoms with Gasteiger partial charge in [-0.15, -0.1) is 0 Å². The highest BCUT2D eigenvalue weighted by Crippen LogP contribution is 2.66. The third-order valence-corrected chi connectivity index (χ3v) is 7.68. The number of nitrogen functional groups attached to an aromatic ring is 1. The van der Waals surface area contributed by atoms with Crippen LogP contribution in [0.1, 0.15) is 6.23 Å². The Morgan fingerprint density at radius 2 is 1.76 bits per heavy atom. The third kappa shape index (κ3) is 6.88. The van der Waals surface area contributed by atoms with Crippen LogP contribution in [0.3, 0.4) is 0 Å². The Balaban J connectivity index is 0.00000385. The molecule has 3 heterocycles. The number of fused-ring (bicyclic) bond motifs is 1. The monoisotopic (exact) mass is 547 g/mol. The molecular formula is C10H16MgN5O14P3. The SMILES string of the molecule is Nc1nc2c(ncn2[C@@H]2O[C@H](COP(=O)(O)OP(=O)(O)OP(=O)(O)O)[C@@H](O)[C@H]2O)c(=O)[nH]1.[Mg]. The van der Waals surface area contributed by atoms with Crippen molar-refractivity contribution < 1.29 is 61.4 Å². The van der Waals surface area contributed by atoms with E-state index in [0.717, 1.165) is 10.9 Å². The van der Waals surface area contributed by atoms with Crippen molar-refractivity contribution in [3.8, 4) is 0 Å². The summed E-state index contributed by atoms with van der Waals surface area (Å²) in [5, 5.41) is 20.4. The Morgan fingerprint density at radius 3 is 2.36 bits per heavy atom. The van der Waals surface area contributed by atoms with Crippen molar-refractivity contribution in [2.75, 3.05) is 12.3 Å². The molecule has 1 aliphatic rings. The van der Waals surface area contributed by atoms with Gasteiger partial charge in [0.05, 0.1) is 12.9 Å². The highest BCUT2D eigenvalue weighted by Gasteiger charge is 2.47. The number of nitrogens with zero attached hydrogens (tertiary/aromatic N) is 3. The quantitative estimate of drug-likeness (QED) is 0.123. The minimum atomic E-state index is -5.73. The van der Waals surface area contributed by atoms with Crippen molar-refractivity contribution in [3.63, 3.8) is 0 Å². The summed E-state index contributed by atoms with van der Waals surface area (Å²) in [7, 11) is -16.8. The van der Waals surface area contributed by atoms with Gasteiger partial charge in [-0.05, 0) is 0 Å². The topological polar surface area (TPSA) is 299 Å². The smallest absolute Gasteiger partial charge is 0.387 e. The average Bonchev–Trinajstić information content (AvgIpc) is 3.12. The number of anilines is 1. The Labute approximate surface area is 198 Å². The number of hydrogen-bond donors (Lipinski definition) is 8. The molecule has 2 aromatic heterocycles. The van der Waals surface area contributed by atoms with Crippen LogP contribution in [0.5, 0.6) is 0 Å². The summed E-state index contributed by atoms with van der Waals surface area (Å²) in [6.45, 7) is -1.01. The predicted molar refractivity (Wildman–Crippen MR) is 104 cm³/mol. The predicted octanol–water partition coefficient (Wildman–Crippen LogP) is -2.72. The molecule has 6 atom stereocenters. The zero-order valence-corrected chi connectivity index (χ0v) is 20.1. The molecule has 0 spiro atoms. The van der Waals surface area contributed by atoms with E-state index in [1.165, 1.54) is 0 Å². The number of nitrogens with one attached hydrogen (secondary N) is 1. The summed E-state index contributed by atoms with van der Waals surface area (Å²) >= 11 is 0. The molecule has 3 rings (SSSR count). The number of aliphatic hydroxyl groups excluding tert-OH is 2. The normalized spacial score (nSPS) is 27.1. The largest absolute Gasteiger partial charge is 0.490 e. The molecule has 182 valence electrons. The minimum Gasteiger partial charge on any atom is -0.387 e. The molecular weight excluding hydrogens is 531 g/mol. The maximum absolute atomic E-state index is 11.9. The first-order valence-electron chi connectivity index (χ1n) is 8.11. The summed E-state index contributed by atoms with van der Waals surface area (Å²) in [4.78, 5) is 57.3. The molecule has 2 aromatic rings. The fraction of sp³-hybridized carbons (Fsp3) is 0.500. The van der Waals surface area contributed by atoms with Gasteiger partial charge in [-0.1, -0.05) is 0 Å². The van der Waals surface area contributed by atoms with Crippen molar-refractivity contribution in [1.29, 1.82) is 0 Å². The second-order valence-corrected chi connectivity index (χ2v) is 10.6. The third-order valence-electron chi connectivity index (χ3n) is 3.88. The number of phosphoric ester groups is 1. The first-order chi connectivity index (χ1) is 14.6. The number of nitrogens with two attached hydrogens (primary N) is 1. The van der Waals surface area contributed by atoms with Crippen LogP contribution in [-0.4, -0.2) is 97.3 Å². The fourth-order valence-electron chi connectivity index (χ4n) is 2.70. The molecule has 19 nitrogen and oxygen atoms in total. The van der Waals surface area contributed by atoms with Crippen LogP contribution < -0.4 is 11.3 Å². The molecule has 0 amide bonds. The minimum absolute atomic E-state index is 0. The first kappa shape index (κ1) is 28.4. The van der Waals surface area contributed by atoms with Crippen LogP contribution in [0.25, 0.3) is 11.2 Å². The van der Waals surface area contributed by atoms with E-state index < -0.39 is 60.2 Å². The lowest BCUT2D eigenvalue weighted by atomic mass is 10.1. The van der Waals surface area contributed by atoms with E-state index >= 15 is 0 Å². The van der Waals surface area contributed by atoms with Crippen LogP contribution in [0, 0.1) is 0 Å². The molecule has 2 radical (unpaired) electrons. The molecule has 33 heavy (non-hydrogen) atoms. The Hall–Kier alpha value is -0.794. The summed E-state index contributed by atoms with van der Waals surface area (Å²) in [6.07, 6.45) is -5.33. The second-order valence-electron chi connectivity index (χ2n) is 6.21. The van der Waals surface area contributed by atoms with Crippen molar-refractivity contribution in [2.45, 2.75) is 24.5 Å². The molecule has 1 saturated heterocycles. The van der Waals surface area contributed by atoms with Crippen molar-refractivity contribution in [2.24, 2.45) is 0 Å². The van der Waals surface area contributed by atoms with Crippen molar-refractivity contribution in [1.82, 2.24) is 19.5 Å². The Morgan fingerprint density at radius 1 is 1.12 bits per heavy atom. The maximum atomic E-state index is 11.9. The lowest BCUT2D eigenvalue weighted by molar-refractivity contribution is -0.0503. The number of ether oxygens (including phenoxy) is 1. The number of imidazole rings is 1. The van der Waals surface area contributed by atoms with Crippen LogP contribution in [0.2, 0.25) is 0 Å². The number of aliphatic hydroxyl groups is 2. The maximum Gasteiger partial charge on any atom is 0.490 e. The Kier molecular flexibility index (Phi) is 8.67. The fourth-order valence-corrected chi connectivity index (χ4v) is 5.73. The lowest BCUT2D eigenvalue weighted by Crippen LogP contribution is -2.33. The van der Waals surface area contributed by atoms with Gasteiger partial charge in [0.1, 0.15) is 18.3 Å². The average molecular weight is 547 g/mol. The molecule has 0 bridgehead atoms. The van der Waals surface area contributed by atoms with E-state index in [4.69, 9.17) is 25.2 Å². The van der Waals surface area contributed by atoms with Crippen LogP contribution in [-0.2, 0) is 31.6 Å². The molecule has 9 N–H and O–H groups in total. The van der Waals surface area contributed by atoms with E-state index in [1.807, 2.05) is 0 Å². The van der Waals surface area contributed by atoms with Crippen LogP contribution >= 0.6 is 23.5 Å². The van der Waals surface area contributed by atoms with E-state index in [-0.39, 0.29) is 40.2 Å². The van der Waals surface area contributed by atoms with Crippen LogP contribution in [0.15, 0.2) is 11.1 Å². The van der Waals surface area contributed by atoms with Gasteiger partial charge in [-0.3, -0.25) is 18.9 Å². The number of H-pyrrole nitrogens is 1. The number of aromatic nitrogens is 4. The number of phosphoric acid groups is 3. The first-order valence-corrected chi connectivity index (χ1v) is 12.6. The van der Waals surface area contributed by atoms with Crippen molar-refractivity contribution in [3.05, 3.63) is 16.7 Å². The van der Waals surface area contributed by atoms with Gasteiger partial charge in [0, 0.05) is 23.1 Å². The van der Waals surface area contributed by atoms with Gasteiger partial charge >= 0.3 is 23.5 Å². The number of hydrogen-bond acceptors (Lipinski definition) is 13. The van der Waals surface area contributed by atoms with E-state index in [0.29, 0.717) is 0 Å². The zero-order chi connectivity index (χ0) is 24.1. The summed E-state index contributed by atoms with van der Waals surface area (Å²) in [5.41, 5.74) is 4.50. The lowest BCUT2D eigenvalue weighted by Gasteiger charge is -2.19. The zero-order valence-electron chi connectivity index (χ0n) is 16.0. The van der Waals surface area contributed by atoms with Gasteiger partial charge in [0.25, 0.3) is 5.56 Å². The van der Waals surface area contributed by atoms with Crippen LogP contribution in [0.4, 0.5) is 5.95 Å². The van der Waals surface area contributed by atoms with Gasteiger partial charge in [-0.25, -0.2) is 18.7 Å². The van der Waals surface area contributed by atoms with Gasteiger partial charge in [0.2, 0.25) is 5.95 Å². The Bertz CT molecular complexity index is 1210. The molecule has 2 unspecified atom stereocenters. The number of aromatic amines is 1. The molecule has 1 aliphatic heterocycles. The molecule has 0 saturated carbocycles. The highest BCUT2D eigenvalue weighted by atomic mass is 31.3. The highest BCUT2D eigenvalue weighted by molar-refractivity contribution is 7.66.